The normalized spacial score (nSPS) is 13.8. The second-order valence-electron chi connectivity index (χ2n) is 6.59. The van der Waals surface area contributed by atoms with Crippen LogP contribution in [0.5, 0.6) is 5.75 Å². The highest BCUT2D eigenvalue weighted by Gasteiger charge is 2.12. The third-order valence-electron chi connectivity index (χ3n) is 4.72. The number of nitrogens with zero attached hydrogens (tertiary/aromatic N) is 1. The highest BCUT2D eigenvalue weighted by Crippen LogP contribution is 2.22. The molecule has 1 aliphatic heterocycles. The zero-order valence-electron chi connectivity index (χ0n) is 15.0. The van der Waals surface area contributed by atoms with E-state index < -0.39 is 0 Å². The summed E-state index contributed by atoms with van der Waals surface area (Å²) in [5.41, 5.74) is 4.35. The summed E-state index contributed by atoms with van der Waals surface area (Å²) in [6.45, 7) is 4.28. The molecule has 0 unspecified atom stereocenters. The molecule has 2 aromatic rings. The number of methoxy groups -OCH3 is 1. The number of amides is 1. The Bertz CT molecular complexity index is 719. The van der Waals surface area contributed by atoms with Crippen LogP contribution in [0.15, 0.2) is 42.5 Å². The Hall–Kier alpha value is -2.49. The second-order valence-corrected chi connectivity index (χ2v) is 6.59. The second kappa shape index (κ2) is 8.06. The van der Waals surface area contributed by atoms with Gasteiger partial charge in [-0.2, -0.15) is 0 Å². The number of ether oxygens (including phenoxy) is 1. The van der Waals surface area contributed by atoms with E-state index in [1.165, 1.54) is 18.5 Å². The Balaban J connectivity index is 1.51. The van der Waals surface area contributed by atoms with Gasteiger partial charge in [0.2, 0.25) is 5.91 Å². The Morgan fingerprint density at radius 3 is 2.48 bits per heavy atom. The van der Waals surface area contributed by atoms with Crippen molar-refractivity contribution in [2.24, 2.45) is 0 Å². The van der Waals surface area contributed by atoms with E-state index in [2.05, 4.69) is 28.4 Å². The number of nitrogens with one attached hydrogen (secondary N) is 1. The van der Waals surface area contributed by atoms with E-state index in [-0.39, 0.29) is 5.91 Å². The summed E-state index contributed by atoms with van der Waals surface area (Å²) in [6, 6.07) is 14.2. The van der Waals surface area contributed by atoms with Gasteiger partial charge in [0.1, 0.15) is 5.75 Å². The molecule has 0 spiro atoms. The summed E-state index contributed by atoms with van der Waals surface area (Å²) in [5, 5.41) is 2.98. The molecule has 0 aromatic heterocycles. The van der Waals surface area contributed by atoms with Crippen LogP contribution in [0, 0.1) is 6.92 Å². The lowest BCUT2D eigenvalue weighted by molar-refractivity contribution is -0.116. The molecule has 25 heavy (non-hydrogen) atoms. The molecule has 1 saturated heterocycles. The summed E-state index contributed by atoms with van der Waals surface area (Å²) in [5.74, 6) is 0.925. The van der Waals surface area contributed by atoms with Gasteiger partial charge in [-0.05, 0) is 67.6 Å². The fourth-order valence-corrected chi connectivity index (χ4v) is 3.31. The number of carbonyl (C=O) groups excluding carboxylic acids is 1. The molecule has 1 fully saturated rings. The van der Waals surface area contributed by atoms with Crippen LogP contribution in [0.3, 0.4) is 0 Å². The van der Waals surface area contributed by atoms with Gasteiger partial charge in [0.15, 0.2) is 0 Å². The van der Waals surface area contributed by atoms with Gasteiger partial charge in [0, 0.05) is 30.9 Å². The van der Waals surface area contributed by atoms with Crippen LogP contribution >= 0.6 is 0 Å². The molecule has 1 aliphatic rings. The van der Waals surface area contributed by atoms with Gasteiger partial charge in [0.05, 0.1) is 7.11 Å². The largest absolute Gasteiger partial charge is 0.496 e. The van der Waals surface area contributed by atoms with E-state index >= 15 is 0 Å². The zero-order valence-corrected chi connectivity index (χ0v) is 15.0. The van der Waals surface area contributed by atoms with Gasteiger partial charge in [-0.15, -0.1) is 0 Å². The molecule has 1 heterocycles. The SMILES string of the molecule is COc1ccc(CCC(=O)Nc2ccc(N3CCCC3)cc2)cc1C. The lowest BCUT2D eigenvalue weighted by Crippen LogP contribution is -2.17. The van der Waals surface area contributed by atoms with Gasteiger partial charge >= 0.3 is 0 Å². The van der Waals surface area contributed by atoms with E-state index in [0.29, 0.717) is 6.42 Å². The molecule has 4 nitrogen and oxygen atoms in total. The number of carbonyl (C=O) groups is 1. The number of hydrogen-bond donors (Lipinski definition) is 1. The van der Waals surface area contributed by atoms with E-state index in [9.17, 15) is 4.79 Å². The molecular formula is C21H26N2O2. The predicted octanol–water partition coefficient (Wildman–Crippen LogP) is 4.18. The topological polar surface area (TPSA) is 41.6 Å². The van der Waals surface area contributed by atoms with E-state index in [0.717, 1.165) is 42.1 Å². The molecule has 132 valence electrons. The summed E-state index contributed by atoms with van der Waals surface area (Å²) in [4.78, 5) is 14.6. The molecule has 4 heteroatoms. The quantitative estimate of drug-likeness (QED) is 0.859. The summed E-state index contributed by atoms with van der Waals surface area (Å²) in [6.07, 6.45) is 3.73. The van der Waals surface area contributed by atoms with E-state index in [1.54, 1.807) is 7.11 Å². The average Bonchev–Trinajstić information content (AvgIpc) is 3.15. The summed E-state index contributed by atoms with van der Waals surface area (Å²) in [7, 11) is 1.67. The van der Waals surface area contributed by atoms with Crippen molar-refractivity contribution in [3.63, 3.8) is 0 Å². The first-order chi connectivity index (χ1) is 12.2. The van der Waals surface area contributed by atoms with Crippen molar-refractivity contribution in [2.75, 3.05) is 30.4 Å². The standard InChI is InChI=1S/C21H26N2O2/c1-16-15-17(5-11-20(16)25-2)6-12-21(24)22-18-7-9-19(10-8-18)23-13-3-4-14-23/h5,7-11,15H,3-4,6,12-14H2,1-2H3,(H,22,24). The smallest absolute Gasteiger partial charge is 0.224 e. The molecule has 0 atom stereocenters. The zero-order chi connectivity index (χ0) is 17.6. The van der Waals surface area contributed by atoms with Gasteiger partial charge in [-0.1, -0.05) is 12.1 Å². The van der Waals surface area contributed by atoms with Crippen LogP contribution in [0.2, 0.25) is 0 Å². The summed E-state index contributed by atoms with van der Waals surface area (Å²) < 4.78 is 5.27. The highest BCUT2D eigenvalue weighted by molar-refractivity contribution is 5.91. The van der Waals surface area contributed by atoms with Crippen molar-refractivity contribution in [1.29, 1.82) is 0 Å². The highest BCUT2D eigenvalue weighted by atomic mass is 16.5. The minimum Gasteiger partial charge on any atom is -0.496 e. The van der Waals surface area contributed by atoms with Crippen LogP contribution in [-0.2, 0) is 11.2 Å². The third-order valence-corrected chi connectivity index (χ3v) is 4.72. The first kappa shape index (κ1) is 17.3. The maximum atomic E-state index is 12.2. The van der Waals surface area contributed by atoms with Crippen molar-refractivity contribution < 1.29 is 9.53 Å². The molecule has 2 aromatic carbocycles. The van der Waals surface area contributed by atoms with Crippen LogP contribution in [0.25, 0.3) is 0 Å². The Morgan fingerprint density at radius 2 is 1.84 bits per heavy atom. The molecule has 1 amide bonds. The number of anilines is 2. The van der Waals surface area contributed by atoms with Crippen molar-refractivity contribution in [1.82, 2.24) is 0 Å². The van der Waals surface area contributed by atoms with Gasteiger partial charge in [-0.3, -0.25) is 4.79 Å². The number of benzene rings is 2. The minimum absolute atomic E-state index is 0.0439. The minimum atomic E-state index is 0.0439. The fourth-order valence-electron chi connectivity index (χ4n) is 3.31. The summed E-state index contributed by atoms with van der Waals surface area (Å²) >= 11 is 0. The van der Waals surface area contributed by atoms with Crippen molar-refractivity contribution >= 4 is 17.3 Å². The molecule has 0 radical (unpaired) electrons. The monoisotopic (exact) mass is 338 g/mol. The molecule has 0 saturated carbocycles. The Kier molecular flexibility index (Phi) is 5.59. The van der Waals surface area contributed by atoms with Crippen LogP contribution in [-0.4, -0.2) is 26.1 Å². The fraction of sp³-hybridized carbons (Fsp3) is 0.381. The van der Waals surface area contributed by atoms with E-state index in [4.69, 9.17) is 4.74 Å². The molecule has 1 N–H and O–H groups in total. The number of hydrogen-bond acceptors (Lipinski definition) is 3. The predicted molar refractivity (Wildman–Crippen MR) is 103 cm³/mol. The van der Waals surface area contributed by atoms with Gasteiger partial charge < -0.3 is 15.0 Å². The van der Waals surface area contributed by atoms with Gasteiger partial charge in [0.25, 0.3) is 0 Å². The number of aryl methyl sites for hydroxylation is 2. The lowest BCUT2D eigenvalue weighted by Gasteiger charge is -2.17. The molecular weight excluding hydrogens is 312 g/mol. The van der Waals surface area contributed by atoms with Crippen LogP contribution in [0.1, 0.15) is 30.4 Å². The molecule has 3 rings (SSSR count). The Morgan fingerprint density at radius 1 is 1.12 bits per heavy atom. The molecule has 0 bridgehead atoms. The maximum Gasteiger partial charge on any atom is 0.224 e. The van der Waals surface area contributed by atoms with Crippen molar-refractivity contribution in [3.8, 4) is 5.75 Å². The lowest BCUT2D eigenvalue weighted by atomic mass is 10.1. The van der Waals surface area contributed by atoms with Crippen molar-refractivity contribution in [3.05, 3.63) is 53.6 Å². The van der Waals surface area contributed by atoms with Gasteiger partial charge in [-0.25, -0.2) is 0 Å². The molecule has 0 aliphatic carbocycles. The van der Waals surface area contributed by atoms with E-state index in [1.807, 2.05) is 31.2 Å². The van der Waals surface area contributed by atoms with Crippen LogP contribution in [0.4, 0.5) is 11.4 Å². The third kappa shape index (κ3) is 4.53. The van der Waals surface area contributed by atoms with Crippen molar-refractivity contribution in [2.45, 2.75) is 32.6 Å². The first-order valence-corrected chi connectivity index (χ1v) is 8.94. The Labute approximate surface area is 149 Å². The van der Waals surface area contributed by atoms with Crippen LogP contribution < -0.4 is 15.0 Å². The average molecular weight is 338 g/mol. The number of rotatable bonds is 6. The first-order valence-electron chi connectivity index (χ1n) is 8.94. The maximum absolute atomic E-state index is 12.2.